The number of nitrogens with zero attached hydrogens (tertiary/aromatic N) is 2. The summed E-state index contributed by atoms with van der Waals surface area (Å²) in [5.41, 5.74) is 7.17. The van der Waals surface area contributed by atoms with Crippen LogP contribution in [0.15, 0.2) is 18.3 Å². The molecule has 3 heteroatoms. The van der Waals surface area contributed by atoms with Crippen molar-refractivity contribution in [2.24, 2.45) is 17.6 Å². The lowest BCUT2D eigenvalue weighted by molar-refractivity contribution is 0.422. The topological polar surface area (TPSA) is 42.2 Å². The molecule has 0 spiro atoms. The molecule has 0 amide bonds. The van der Waals surface area contributed by atoms with Gasteiger partial charge in [-0.05, 0) is 31.2 Å². The van der Waals surface area contributed by atoms with E-state index in [0.29, 0.717) is 0 Å². The van der Waals surface area contributed by atoms with Crippen LogP contribution in [0.5, 0.6) is 0 Å². The molecule has 0 radical (unpaired) electrons. The minimum Gasteiger partial charge on any atom is -0.356 e. The van der Waals surface area contributed by atoms with Gasteiger partial charge in [0.05, 0.1) is 0 Å². The van der Waals surface area contributed by atoms with E-state index >= 15 is 0 Å². The van der Waals surface area contributed by atoms with Crippen LogP contribution in [0.25, 0.3) is 0 Å². The van der Waals surface area contributed by atoms with Crippen LogP contribution < -0.4 is 10.6 Å². The largest absolute Gasteiger partial charge is 0.356 e. The Balaban J connectivity index is 2.18. The predicted molar refractivity (Wildman–Crippen MR) is 72.0 cm³/mol. The summed E-state index contributed by atoms with van der Waals surface area (Å²) in [5, 5.41) is 0. The Hall–Kier alpha value is -1.09. The van der Waals surface area contributed by atoms with E-state index in [-0.39, 0.29) is 6.04 Å². The third-order valence-electron chi connectivity index (χ3n) is 3.77. The number of hydrogen-bond acceptors (Lipinski definition) is 3. The highest BCUT2D eigenvalue weighted by Gasteiger charge is 2.27. The van der Waals surface area contributed by atoms with Crippen LogP contribution in [0.2, 0.25) is 0 Å². The van der Waals surface area contributed by atoms with Crippen LogP contribution in [-0.4, -0.2) is 18.1 Å². The molecular formula is C14H23N3. The fourth-order valence-electron chi connectivity index (χ4n) is 2.55. The minimum absolute atomic E-state index is 0.0526. The molecule has 1 aromatic rings. The van der Waals surface area contributed by atoms with Crippen LogP contribution in [0.1, 0.15) is 38.8 Å². The first-order valence-electron chi connectivity index (χ1n) is 6.55. The summed E-state index contributed by atoms with van der Waals surface area (Å²) in [6, 6.07) is 4.12. The van der Waals surface area contributed by atoms with Gasteiger partial charge in [-0.2, -0.15) is 0 Å². The second-order valence-electron chi connectivity index (χ2n) is 5.44. The Morgan fingerprint density at radius 1 is 1.41 bits per heavy atom. The molecule has 1 saturated heterocycles. The third kappa shape index (κ3) is 2.60. The second-order valence-corrected chi connectivity index (χ2v) is 5.44. The molecule has 0 saturated carbocycles. The molecular weight excluding hydrogens is 210 g/mol. The first-order chi connectivity index (χ1) is 8.09. The summed E-state index contributed by atoms with van der Waals surface area (Å²) in [4.78, 5) is 6.91. The molecule has 0 aliphatic carbocycles. The number of hydrogen-bond donors (Lipinski definition) is 1. The maximum atomic E-state index is 6.01. The lowest BCUT2D eigenvalue weighted by Crippen LogP contribution is -2.24. The normalized spacial score (nSPS) is 22.2. The van der Waals surface area contributed by atoms with E-state index in [4.69, 9.17) is 5.73 Å². The molecule has 0 bridgehead atoms. The van der Waals surface area contributed by atoms with Crippen LogP contribution in [-0.2, 0) is 0 Å². The maximum absolute atomic E-state index is 6.01. The van der Waals surface area contributed by atoms with Crippen LogP contribution >= 0.6 is 0 Å². The SMILES string of the molecule is CC(C)C1CCN(c2ncccc2[C@@H](C)N)C1. The van der Waals surface area contributed by atoms with E-state index in [9.17, 15) is 0 Å². The van der Waals surface area contributed by atoms with E-state index < -0.39 is 0 Å². The van der Waals surface area contributed by atoms with E-state index in [2.05, 4.69) is 29.8 Å². The van der Waals surface area contributed by atoms with Crippen LogP contribution in [0, 0.1) is 11.8 Å². The second kappa shape index (κ2) is 5.05. The molecule has 3 nitrogen and oxygen atoms in total. The molecule has 1 aliphatic rings. The Morgan fingerprint density at radius 3 is 2.76 bits per heavy atom. The van der Waals surface area contributed by atoms with Gasteiger partial charge in [0, 0.05) is 30.9 Å². The van der Waals surface area contributed by atoms with Crippen molar-refractivity contribution in [3.05, 3.63) is 23.9 Å². The van der Waals surface area contributed by atoms with Crippen LogP contribution in [0.3, 0.4) is 0 Å². The van der Waals surface area contributed by atoms with Crippen molar-refractivity contribution in [2.75, 3.05) is 18.0 Å². The molecule has 1 unspecified atom stereocenters. The molecule has 2 atom stereocenters. The van der Waals surface area contributed by atoms with Crippen molar-refractivity contribution in [3.8, 4) is 0 Å². The molecule has 94 valence electrons. The van der Waals surface area contributed by atoms with Gasteiger partial charge in [0.1, 0.15) is 5.82 Å². The molecule has 1 aliphatic heterocycles. The van der Waals surface area contributed by atoms with Gasteiger partial charge in [0.2, 0.25) is 0 Å². The van der Waals surface area contributed by atoms with Gasteiger partial charge in [-0.25, -0.2) is 4.98 Å². The number of pyridine rings is 1. The average molecular weight is 233 g/mol. The molecule has 17 heavy (non-hydrogen) atoms. The van der Waals surface area contributed by atoms with Gasteiger partial charge in [-0.15, -0.1) is 0 Å². The Bertz CT molecular complexity index is 373. The summed E-state index contributed by atoms with van der Waals surface area (Å²) in [5.74, 6) is 2.63. The van der Waals surface area contributed by atoms with Gasteiger partial charge >= 0.3 is 0 Å². The molecule has 2 N–H and O–H groups in total. The summed E-state index contributed by atoms with van der Waals surface area (Å²) in [6.07, 6.45) is 3.14. The maximum Gasteiger partial charge on any atom is 0.133 e. The van der Waals surface area contributed by atoms with Crippen LogP contribution in [0.4, 0.5) is 5.82 Å². The van der Waals surface area contributed by atoms with E-state index in [1.54, 1.807) is 0 Å². The highest BCUT2D eigenvalue weighted by atomic mass is 15.2. The van der Waals surface area contributed by atoms with Gasteiger partial charge < -0.3 is 10.6 Å². The van der Waals surface area contributed by atoms with Gasteiger partial charge in [-0.1, -0.05) is 19.9 Å². The minimum atomic E-state index is 0.0526. The number of rotatable bonds is 3. The monoisotopic (exact) mass is 233 g/mol. The standard InChI is InChI=1S/C14H23N3/c1-10(2)12-6-8-17(9-12)14-13(11(3)15)5-4-7-16-14/h4-5,7,10-12H,6,8-9,15H2,1-3H3/t11-,12?/m1/s1. The summed E-state index contributed by atoms with van der Waals surface area (Å²) >= 11 is 0. The quantitative estimate of drug-likeness (QED) is 0.872. The van der Waals surface area contributed by atoms with Crippen molar-refractivity contribution in [1.29, 1.82) is 0 Å². The number of nitrogens with two attached hydrogens (primary N) is 1. The summed E-state index contributed by atoms with van der Waals surface area (Å²) < 4.78 is 0. The van der Waals surface area contributed by atoms with E-state index in [1.807, 2.05) is 19.2 Å². The molecule has 1 fully saturated rings. The summed E-state index contributed by atoms with van der Waals surface area (Å²) in [6.45, 7) is 8.86. The van der Waals surface area contributed by atoms with Crippen molar-refractivity contribution >= 4 is 5.82 Å². The number of anilines is 1. The summed E-state index contributed by atoms with van der Waals surface area (Å²) in [7, 11) is 0. The van der Waals surface area contributed by atoms with E-state index in [1.165, 1.54) is 6.42 Å². The van der Waals surface area contributed by atoms with Gasteiger partial charge in [-0.3, -0.25) is 0 Å². The van der Waals surface area contributed by atoms with Crippen molar-refractivity contribution in [2.45, 2.75) is 33.2 Å². The fraction of sp³-hybridized carbons (Fsp3) is 0.643. The average Bonchev–Trinajstić information content (AvgIpc) is 2.78. The van der Waals surface area contributed by atoms with Gasteiger partial charge in [0.15, 0.2) is 0 Å². The third-order valence-corrected chi connectivity index (χ3v) is 3.77. The molecule has 2 rings (SSSR count). The Labute approximate surface area is 104 Å². The smallest absolute Gasteiger partial charge is 0.133 e. The molecule has 2 heterocycles. The van der Waals surface area contributed by atoms with Gasteiger partial charge in [0.25, 0.3) is 0 Å². The lowest BCUT2D eigenvalue weighted by Gasteiger charge is -2.22. The lowest BCUT2D eigenvalue weighted by atomic mass is 9.95. The number of aromatic nitrogens is 1. The zero-order chi connectivity index (χ0) is 12.4. The highest BCUT2D eigenvalue weighted by Crippen LogP contribution is 2.30. The molecule has 1 aromatic heterocycles. The van der Waals surface area contributed by atoms with Crippen molar-refractivity contribution < 1.29 is 0 Å². The van der Waals surface area contributed by atoms with Crippen molar-refractivity contribution in [3.63, 3.8) is 0 Å². The van der Waals surface area contributed by atoms with Crippen molar-refractivity contribution in [1.82, 2.24) is 4.98 Å². The molecule has 0 aromatic carbocycles. The first kappa shape index (κ1) is 12.4. The Kier molecular flexibility index (Phi) is 3.67. The zero-order valence-corrected chi connectivity index (χ0v) is 11.1. The zero-order valence-electron chi connectivity index (χ0n) is 11.1. The predicted octanol–water partition coefficient (Wildman–Crippen LogP) is 2.58. The highest BCUT2D eigenvalue weighted by molar-refractivity contribution is 5.49. The first-order valence-corrected chi connectivity index (χ1v) is 6.55. The Morgan fingerprint density at radius 2 is 2.18 bits per heavy atom. The fourth-order valence-corrected chi connectivity index (χ4v) is 2.55. The van der Waals surface area contributed by atoms with E-state index in [0.717, 1.165) is 36.3 Å².